The number of urea groups is 1. The molecule has 3 amide bonds. The quantitative estimate of drug-likeness (QED) is 0.774. The molecule has 120 valence electrons. The molecule has 1 aromatic rings. The minimum absolute atomic E-state index is 0.279. The molecule has 1 rings (SSSR count). The third kappa shape index (κ3) is 5.08. The standard InChI is InChI=1S/C15H20N2O5/c1-4-21-11-7-5-10(6-8-11)14(19)22-12(9(2)3)13(18)17-15(16)20/h5-9,12H,4H2,1-3H3,(H3,16,17,18,20)/t12-/m0/s1. The Labute approximate surface area is 128 Å². The van der Waals surface area contributed by atoms with Crippen LogP contribution in [0.5, 0.6) is 5.75 Å². The van der Waals surface area contributed by atoms with E-state index in [0.29, 0.717) is 12.4 Å². The molecule has 22 heavy (non-hydrogen) atoms. The van der Waals surface area contributed by atoms with Gasteiger partial charge >= 0.3 is 12.0 Å². The summed E-state index contributed by atoms with van der Waals surface area (Å²) < 4.78 is 10.4. The average molecular weight is 308 g/mol. The van der Waals surface area contributed by atoms with Crippen LogP contribution in [0.2, 0.25) is 0 Å². The number of ether oxygens (including phenoxy) is 2. The molecular formula is C15H20N2O5. The van der Waals surface area contributed by atoms with Gasteiger partial charge in [-0.05, 0) is 37.1 Å². The van der Waals surface area contributed by atoms with Crippen LogP contribution >= 0.6 is 0 Å². The number of nitrogens with one attached hydrogen (secondary N) is 1. The van der Waals surface area contributed by atoms with Crippen LogP contribution in [-0.4, -0.2) is 30.6 Å². The van der Waals surface area contributed by atoms with Gasteiger partial charge in [0.1, 0.15) is 5.75 Å². The van der Waals surface area contributed by atoms with Crippen molar-refractivity contribution in [2.45, 2.75) is 26.9 Å². The lowest BCUT2D eigenvalue weighted by Crippen LogP contribution is -2.45. The van der Waals surface area contributed by atoms with E-state index >= 15 is 0 Å². The zero-order chi connectivity index (χ0) is 16.7. The first kappa shape index (κ1) is 17.5. The molecule has 0 unspecified atom stereocenters. The summed E-state index contributed by atoms with van der Waals surface area (Å²) in [7, 11) is 0. The van der Waals surface area contributed by atoms with Crippen molar-refractivity contribution in [1.29, 1.82) is 0 Å². The maximum absolute atomic E-state index is 12.1. The molecule has 7 nitrogen and oxygen atoms in total. The molecule has 0 heterocycles. The summed E-state index contributed by atoms with van der Waals surface area (Å²) >= 11 is 0. The molecule has 0 aliphatic carbocycles. The number of primary amides is 1. The summed E-state index contributed by atoms with van der Waals surface area (Å²) in [4.78, 5) is 34.6. The predicted molar refractivity (Wildman–Crippen MR) is 79.4 cm³/mol. The molecule has 0 bridgehead atoms. The number of benzene rings is 1. The van der Waals surface area contributed by atoms with Crippen molar-refractivity contribution in [3.05, 3.63) is 29.8 Å². The molecule has 0 aliphatic heterocycles. The number of carbonyl (C=O) groups excluding carboxylic acids is 3. The van der Waals surface area contributed by atoms with Crippen molar-refractivity contribution < 1.29 is 23.9 Å². The second-order valence-corrected chi connectivity index (χ2v) is 4.88. The monoisotopic (exact) mass is 308 g/mol. The highest BCUT2D eigenvalue weighted by Crippen LogP contribution is 2.15. The van der Waals surface area contributed by atoms with Gasteiger partial charge in [0, 0.05) is 0 Å². The third-order valence-electron chi connectivity index (χ3n) is 2.75. The largest absolute Gasteiger partial charge is 0.494 e. The van der Waals surface area contributed by atoms with Crippen molar-refractivity contribution in [3.8, 4) is 5.75 Å². The van der Waals surface area contributed by atoms with Crippen molar-refractivity contribution in [2.24, 2.45) is 11.7 Å². The fourth-order valence-corrected chi connectivity index (χ4v) is 1.72. The number of hydrogen-bond donors (Lipinski definition) is 2. The van der Waals surface area contributed by atoms with Gasteiger partial charge in [-0.15, -0.1) is 0 Å². The molecule has 1 aromatic carbocycles. The molecule has 0 saturated carbocycles. The van der Waals surface area contributed by atoms with Crippen LogP contribution in [0.1, 0.15) is 31.1 Å². The molecule has 0 fully saturated rings. The first-order valence-electron chi connectivity index (χ1n) is 6.89. The van der Waals surface area contributed by atoms with Gasteiger partial charge in [0.05, 0.1) is 12.2 Å². The summed E-state index contributed by atoms with van der Waals surface area (Å²) in [5, 5.41) is 1.91. The van der Waals surface area contributed by atoms with Crippen molar-refractivity contribution in [2.75, 3.05) is 6.61 Å². The Kier molecular flexibility index (Phi) is 6.37. The Balaban J connectivity index is 2.78. The van der Waals surface area contributed by atoms with Gasteiger partial charge in [-0.1, -0.05) is 13.8 Å². The summed E-state index contributed by atoms with van der Waals surface area (Å²) in [5.74, 6) is -1.10. The molecule has 0 radical (unpaired) electrons. The molecule has 0 aromatic heterocycles. The van der Waals surface area contributed by atoms with E-state index in [1.54, 1.807) is 26.0 Å². The van der Waals surface area contributed by atoms with Crippen LogP contribution in [0, 0.1) is 5.92 Å². The van der Waals surface area contributed by atoms with Crippen molar-refractivity contribution >= 4 is 17.9 Å². The third-order valence-corrected chi connectivity index (χ3v) is 2.75. The number of imide groups is 1. The zero-order valence-electron chi connectivity index (χ0n) is 12.8. The first-order chi connectivity index (χ1) is 10.3. The Bertz CT molecular complexity index is 539. The lowest BCUT2D eigenvalue weighted by Gasteiger charge is -2.19. The van der Waals surface area contributed by atoms with E-state index in [2.05, 4.69) is 0 Å². The minimum atomic E-state index is -1.11. The summed E-state index contributed by atoms with van der Waals surface area (Å²) in [6.45, 7) is 5.76. The van der Waals surface area contributed by atoms with E-state index in [-0.39, 0.29) is 11.5 Å². The number of nitrogens with two attached hydrogens (primary N) is 1. The van der Waals surface area contributed by atoms with E-state index in [4.69, 9.17) is 15.2 Å². The van der Waals surface area contributed by atoms with Crippen molar-refractivity contribution in [3.63, 3.8) is 0 Å². The van der Waals surface area contributed by atoms with Gasteiger partial charge in [-0.2, -0.15) is 0 Å². The van der Waals surface area contributed by atoms with Crippen LogP contribution < -0.4 is 15.8 Å². The van der Waals surface area contributed by atoms with Crippen LogP contribution in [0.4, 0.5) is 4.79 Å². The summed E-state index contributed by atoms with van der Waals surface area (Å²) in [6.07, 6.45) is -1.11. The van der Waals surface area contributed by atoms with Crippen LogP contribution in [0.15, 0.2) is 24.3 Å². The molecule has 1 atom stereocenters. The minimum Gasteiger partial charge on any atom is -0.494 e. The topological polar surface area (TPSA) is 108 Å². The molecule has 0 aliphatic rings. The second-order valence-electron chi connectivity index (χ2n) is 4.88. The van der Waals surface area contributed by atoms with Crippen LogP contribution in [0.3, 0.4) is 0 Å². The van der Waals surface area contributed by atoms with E-state index in [1.165, 1.54) is 12.1 Å². The SMILES string of the molecule is CCOc1ccc(C(=O)O[C@H](C(=O)NC(N)=O)C(C)C)cc1. The van der Waals surface area contributed by atoms with Gasteiger partial charge in [-0.3, -0.25) is 10.1 Å². The fourth-order valence-electron chi connectivity index (χ4n) is 1.72. The van der Waals surface area contributed by atoms with Gasteiger partial charge < -0.3 is 15.2 Å². The highest BCUT2D eigenvalue weighted by Gasteiger charge is 2.27. The highest BCUT2D eigenvalue weighted by molar-refractivity contribution is 5.98. The summed E-state index contributed by atoms with van der Waals surface area (Å²) in [6, 6.07) is 5.35. The van der Waals surface area contributed by atoms with Crippen molar-refractivity contribution in [1.82, 2.24) is 5.32 Å². The number of hydrogen-bond acceptors (Lipinski definition) is 5. The molecular weight excluding hydrogens is 288 g/mol. The lowest BCUT2D eigenvalue weighted by atomic mass is 10.1. The normalized spacial score (nSPS) is 11.6. The van der Waals surface area contributed by atoms with Gasteiger partial charge in [0.25, 0.3) is 5.91 Å². The average Bonchev–Trinajstić information content (AvgIpc) is 2.44. The number of rotatable bonds is 6. The van der Waals surface area contributed by atoms with Gasteiger partial charge in [-0.25, -0.2) is 9.59 Å². The van der Waals surface area contributed by atoms with E-state index in [9.17, 15) is 14.4 Å². The Morgan fingerprint density at radius 1 is 1.18 bits per heavy atom. The maximum atomic E-state index is 12.1. The van der Waals surface area contributed by atoms with Gasteiger partial charge in [0.15, 0.2) is 6.10 Å². The summed E-state index contributed by atoms with van der Waals surface area (Å²) in [5.41, 5.74) is 5.17. The first-order valence-corrected chi connectivity index (χ1v) is 6.89. The Morgan fingerprint density at radius 2 is 1.77 bits per heavy atom. The number of amides is 3. The predicted octanol–water partition coefficient (Wildman–Crippen LogP) is 1.46. The highest BCUT2D eigenvalue weighted by atomic mass is 16.5. The van der Waals surface area contributed by atoms with E-state index in [1.807, 2.05) is 12.2 Å². The van der Waals surface area contributed by atoms with E-state index in [0.717, 1.165) is 0 Å². The Morgan fingerprint density at radius 3 is 2.23 bits per heavy atom. The van der Waals surface area contributed by atoms with E-state index < -0.39 is 24.0 Å². The molecule has 3 N–H and O–H groups in total. The second kappa shape index (κ2) is 8.02. The molecule has 7 heteroatoms. The molecule has 0 saturated heterocycles. The van der Waals surface area contributed by atoms with Crippen LogP contribution in [-0.2, 0) is 9.53 Å². The maximum Gasteiger partial charge on any atom is 0.338 e. The lowest BCUT2D eigenvalue weighted by molar-refractivity contribution is -0.130. The smallest absolute Gasteiger partial charge is 0.338 e. The van der Waals surface area contributed by atoms with Crippen LogP contribution in [0.25, 0.3) is 0 Å². The van der Waals surface area contributed by atoms with Gasteiger partial charge in [0.2, 0.25) is 0 Å². The number of esters is 1. The fraction of sp³-hybridized carbons (Fsp3) is 0.400. The zero-order valence-corrected chi connectivity index (χ0v) is 12.8. The molecule has 0 spiro atoms. The Hall–Kier alpha value is -2.57. The number of carbonyl (C=O) groups is 3.